The SMILES string of the molecule is Cc1ccc(-c2ccc(C[C@](C=O)(CO)NC(=O)c3c(F)cc(NC4(C(F)(F)F)CC4)cc3F)c3cccnc23)c(Cl)c1. The molecule has 0 saturated heterocycles. The third-order valence-corrected chi connectivity index (χ3v) is 7.91. The average Bonchev–Trinajstić information content (AvgIpc) is 3.74. The summed E-state index contributed by atoms with van der Waals surface area (Å²) < 4.78 is 69.8. The number of amides is 1. The standard InChI is InChI=1S/C31H25ClF5N3O3/c1-17-4-6-21(23(32)11-17)22-7-5-18(20-3-2-10-38-27(20)22)14-29(15-41,16-42)40-28(43)26-24(33)12-19(13-25(26)34)39-30(8-9-30)31(35,36)37/h2-7,10-13,15,39,42H,8-9,14,16H2,1H3,(H,40,43)/t29-/m0/s1. The Morgan fingerprint density at radius 2 is 1.74 bits per heavy atom. The summed E-state index contributed by atoms with van der Waals surface area (Å²) in [6, 6.07) is 13.5. The number of hydrogen-bond acceptors (Lipinski definition) is 5. The lowest BCUT2D eigenvalue weighted by Gasteiger charge is -2.28. The van der Waals surface area contributed by atoms with Gasteiger partial charge < -0.3 is 20.5 Å². The first-order valence-electron chi connectivity index (χ1n) is 13.2. The molecule has 1 amide bonds. The molecule has 3 aromatic carbocycles. The van der Waals surface area contributed by atoms with E-state index in [2.05, 4.69) is 15.6 Å². The maximum atomic E-state index is 14.9. The van der Waals surface area contributed by atoms with Crippen molar-refractivity contribution in [3.63, 3.8) is 0 Å². The molecule has 1 fully saturated rings. The van der Waals surface area contributed by atoms with Gasteiger partial charge in [-0.3, -0.25) is 9.78 Å². The number of aldehydes is 1. The molecular formula is C31H25ClF5N3O3. The van der Waals surface area contributed by atoms with Crippen molar-refractivity contribution in [2.45, 2.75) is 43.4 Å². The van der Waals surface area contributed by atoms with Gasteiger partial charge in [-0.25, -0.2) is 8.78 Å². The van der Waals surface area contributed by atoms with E-state index in [0.29, 0.717) is 44.7 Å². The zero-order chi connectivity index (χ0) is 31.2. The van der Waals surface area contributed by atoms with Crippen LogP contribution in [0.4, 0.5) is 27.6 Å². The van der Waals surface area contributed by atoms with Crippen LogP contribution in [-0.2, 0) is 11.2 Å². The second-order valence-electron chi connectivity index (χ2n) is 10.7. The van der Waals surface area contributed by atoms with Crippen LogP contribution in [0, 0.1) is 18.6 Å². The Kier molecular flexibility index (Phi) is 7.91. The number of aryl methyl sites for hydroxylation is 1. The number of pyridine rings is 1. The number of halogens is 6. The number of benzene rings is 3. The van der Waals surface area contributed by atoms with Gasteiger partial charge in [0.05, 0.1) is 12.1 Å². The van der Waals surface area contributed by atoms with Gasteiger partial charge in [-0.05, 0) is 55.2 Å². The zero-order valence-corrected chi connectivity index (χ0v) is 23.4. The highest BCUT2D eigenvalue weighted by molar-refractivity contribution is 6.33. The summed E-state index contributed by atoms with van der Waals surface area (Å²) in [7, 11) is 0. The van der Waals surface area contributed by atoms with E-state index < -0.39 is 52.7 Å². The lowest BCUT2D eigenvalue weighted by atomic mass is 9.88. The quantitative estimate of drug-likeness (QED) is 0.146. The van der Waals surface area contributed by atoms with Crippen LogP contribution in [0.1, 0.15) is 34.3 Å². The van der Waals surface area contributed by atoms with Crippen molar-refractivity contribution >= 4 is 40.4 Å². The number of carbonyl (C=O) groups excluding carboxylic acids is 2. The molecule has 0 radical (unpaired) electrons. The second kappa shape index (κ2) is 11.2. The summed E-state index contributed by atoms with van der Waals surface area (Å²) >= 11 is 6.49. The summed E-state index contributed by atoms with van der Waals surface area (Å²) in [5, 5.41) is 15.6. The highest BCUT2D eigenvalue weighted by Gasteiger charge is 2.63. The Balaban J connectivity index is 1.45. The number of hydrogen-bond donors (Lipinski definition) is 3. The lowest BCUT2D eigenvalue weighted by Crippen LogP contribution is -2.54. The average molecular weight is 618 g/mol. The maximum Gasteiger partial charge on any atom is 0.411 e. The number of aromatic nitrogens is 1. The Hall–Kier alpha value is -4.09. The van der Waals surface area contributed by atoms with Crippen LogP contribution in [0.3, 0.4) is 0 Å². The van der Waals surface area contributed by atoms with Crippen molar-refractivity contribution in [3.05, 3.63) is 94.1 Å². The van der Waals surface area contributed by atoms with Gasteiger partial charge in [-0.2, -0.15) is 13.2 Å². The van der Waals surface area contributed by atoms with Gasteiger partial charge in [-0.15, -0.1) is 0 Å². The van der Waals surface area contributed by atoms with E-state index in [1.807, 2.05) is 19.1 Å². The molecule has 12 heteroatoms. The highest BCUT2D eigenvalue weighted by Crippen LogP contribution is 2.51. The summed E-state index contributed by atoms with van der Waals surface area (Å²) in [5.74, 6) is -4.25. The first kappa shape index (κ1) is 30.4. The molecule has 3 N–H and O–H groups in total. The van der Waals surface area contributed by atoms with Gasteiger partial charge in [0.1, 0.15) is 34.6 Å². The van der Waals surface area contributed by atoms with E-state index in [4.69, 9.17) is 11.6 Å². The molecule has 0 bridgehead atoms. The predicted octanol–water partition coefficient (Wildman–Crippen LogP) is 6.55. The normalized spacial score (nSPS) is 15.5. The van der Waals surface area contributed by atoms with Crippen LogP contribution in [0.15, 0.2) is 60.8 Å². The van der Waals surface area contributed by atoms with E-state index in [1.54, 1.807) is 36.5 Å². The van der Waals surface area contributed by atoms with Crippen LogP contribution in [0.2, 0.25) is 5.02 Å². The van der Waals surface area contributed by atoms with Crippen molar-refractivity contribution < 1.29 is 36.6 Å². The zero-order valence-electron chi connectivity index (χ0n) is 22.7. The molecule has 6 nitrogen and oxygen atoms in total. The summed E-state index contributed by atoms with van der Waals surface area (Å²) in [6.45, 7) is 0.976. The number of aliphatic hydroxyl groups is 1. The molecule has 0 spiro atoms. The van der Waals surface area contributed by atoms with Crippen LogP contribution >= 0.6 is 11.6 Å². The predicted molar refractivity (Wildman–Crippen MR) is 152 cm³/mol. The molecule has 4 aromatic rings. The largest absolute Gasteiger partial charge is 0.411 e. The van der Waals surface area contributed by atoms with Crippen LogP contribution in [0.25, 0.3) is 22.0 Å². The monoisotopic (exact) mass is 617 g/mol. The van der Waals surface area contributed by atoms with E-state index >= 15 is 0 Å². The fourth-order valence-electron chi connectivity index (χ4n) is 5.06. The van der Waals surface area contributed by atoms with E-state index in [-0.39, 0.29) is 25.5 Å². The lowest BCUT2D eigenvalue weighted by molar-refractivity contribution is -0.151. The molecule has 1 aromatic heterocycles. The number of alkyl halides is 3. The Morgan fingerprint density at radius 1 is 1.07 bits per heavy atom. The summed E-state index contributed by atoms with van der Waals surface area (Å²) in [4.78, 5) is 29.8. The summed E-state index contributed by atoms with van der Waals surface area (Å²) in [6.07, 6.45) is -3.59. The van der Waals surface area contributed by atoms with Crippen molar-refractivity contribution in [1.82, 2.24) is 10.3 Å². The smallest absolute Gasteiger partial charge is 0.393 e. The molecule has 0 aliphatic heterocycles. The molecule has 1 aliphatic carbocycles. The number of nitrogens with one attached hydrogen (secondary N) is 2. The Morgan fingerprint density at radius 3 is 2.33 bits per heavy atom. The van der Waals surface area contributed by atoms with E-state index in [9.17, 15) is 36.6 Å². The van der Waals surface area contributed by atoms with Gasteiger partial charge in [0.2, 0.25) is 0 Å². The maximum absolute atomic E-state index is 14.9. The fourth-order valence-corrected chi connectivity index (χ4v) is 5.40. The van der Waals surface area contributed by atoms with E-state index in [1.165, 1.54) is 0 Å². The third kappa shape index (κ3) is 5.79. The number of carbonyl (C=O) groups is 2. The molecule has 1 atom stereocenters. The molecule has 0 unspecified atom stereocenters. The molecule has 1 heterocycles. The fraction of sp³-hybridized carbons (Fsp3) is 0.258. The summed E-state index contributed by atoms with van der Waals surface area (Å²) in [5.41, 5.74) is -2.50. The van der Waals surface area contributed by atoms with Crippen molar-refractivity contribution in [2.75, 3.05) is 11.9 Å². The third-order valence-electron chi connectivity index (χ3n) is 7.60. The van der Waals surface area contributed by atoms with Crippen molar-refractivity contribution in [2.24, 2.45) is 0 Å². The van der Waals surface area contributed by atoms with Crippen LogP contribution in [-0.4, -0.2) is 46.1 Å². The van der Waals surface area contributed by atoms with Gasteiger partial charge >= 0.3 is 6.18 Å². The molecular weight excluding hydrogens is 593 g/mol. The highest BCUT2D eigenvalue weighted by atomic mass is 35.5. The second-order valence-corrected chi connectivity index (χ2v) is 11.1. The number of aliphatic hydroxyl groups excluding tert-OH is 1. The van der Waals surface area contributed by atoms with Crippen molar-refractivity contribution in [3.8, 4) is 11.1 Å². The molecule has 43 heavy (non-hydrogen) atoms. The van der Waals surface area contributed by atoms with Gasteiger partial charge in [0.15, 0.2) is 0 Å². The van der Waals surface area contributed by atoms with E-state index in [0.717, 1.165) is 5.56 Å². The molecule has 5 rings (SSSR count). The number of nitrogens with zero attached hydrogens (tertiary/aromatic N) is 1. The van der Waals surface area contributed by atoms with Gasteiger partial charge in [0.25, 0.3) is 5.91 Å². The minimum atomic E-state index is -4.63. The topological polar surface area (TPSA) is 91.3 Å². The minimum absolute atomic E-state index is 0.260. The first-order chi connectivity index (χ1) is 20.3. The van der Waals surface area contributed by atoms with Gasteiger partial charge in [0, 0.05) is 39.8 Å². The van der Waals surface area contributed by atoms with Crippen LogP contribution < -0.4 is 10.6 Å². The Bertz CT molecular complexity index is 1720. The minimum Gasteiger partial charge on any atom is -0.393 e. The first-order valence-corrected chi connectivity index (χ1v) is 13.6. The molecule has 1 saturated carbocycles. The van der Waals surface area contributed by atoms with Gasteiger partial charge in [-0.1, -0.05) is 41.9 Å². The molecule has 224 valence electrons. The van der Waals surface area contributed by atoms with Crippen molar-refractivity contribution in [1.29, 1.82) is 0 Å². The van der Waals surface area contributed by atoms with Crippen LogP contribution in [0.5, 0.6) is 0 Å². The molecule has 1 aliphatic rings. The number of rotatable bonds is 9. The number of fused-ring (bicyclic) bond motifs is 1. The number of anilines is 1. The Labute approximate surface area is 247 Å².